The molecule has 0 fully saturated rings. The van der Waals surface area contributed by atoms with Gasteiger partial charge in [-0.3, -0.25) is 0 Å². The molecule has 100 valence electrons. The maximum absolute atomic E-state index is 13.1. The van der Waals surface area contributed by atoms with Crippen LogP contribution in [0.4, 0.5) is 14.5 Å². The van der Waals surface area contributed by atoms with Crippen molar-refractivity contribution < 1.29 is 8.78 Å². The second-order valence-electron chi connectivity index (χ2n) is 4.62. The van der Waals surface area contributed by atoms with E-state index in [9.17, 15) is 8.78 Å². The summed E-state index contributed by atoms with van der Waals surface area (Å²) in [6, 6.07) is 11.2. The molecule has 0 heterocycles. The van der Waals surface area contributed by atoms with E-state index in [2.05, 4.69) is 12.2 Å². The number of nitrogens with one attached hydrogen (secondary N) is 1. The van der Waals surface area contributed by atoms with Crippen LogP contribution in [0.15, 0.2) is 42.5 Å². The maximum atomic E-state index is 13.1. The molecule has 1 nitrogen and oxygen atoms in total. The minimum atomic E-state index is -0.239. The number of rotatable bonds is 4. The highest BCUT2D eigenvalue weighted by Crippen LogP contribution is 2.25. The SMILES string of the molecule is CCC(Nc1ccc(F)cc1C)c1ccc(F)cc1. The fraction of sp³-hybridized carbons (Fsp3) is 0.250. The van der Waals surface area contributed by atoms with Crippen molar-refractivity contribution in [1.29, 1.82) is 0 Å². The molecule has 1 atom stereocenters. The Kier molecular flexibility index (Phi) is 4.15. The van der Waals surface area contributed by atoms with Gasteiger partial charge in [0.25, 0.3) is 0 Å². The van der Waals surface area contributed by atoms with Crippen LogP contribution in [0.25, 0.3) is 0 Å². The third-order valence-corrected chi connectivity index (χ3v) is 3.20. The van der Waals surface area contributed by atoms with E-state index in [-0.39, 0.29) is 17.7 Å². The van der Waals surface area contributed by atoms with Gasteiger partial charge in [-0.2, -0.15) is 0 Å². The van der Waals surface area contributed by atoms with Crippen molar-refractivity contribution in [2.24, 2.45) is 0 Å². The van der Waals surface area contributed by atoms with Gasteiger partial charge in [0.05, 0.1) is 6.04 Å². The molecule has 2 aromatic carbocycles. The quantitative estimate of drug-likeness (QED) is 0.830. The predicted octanol–water partition coefficient (Wildman–Crippen LogP) is 4.84. The fourth-order valence-corrected chi connectivity index (χ4v) is 2.09. The Bertz CT molecular complexity index is 549. The van der Waals surface area contributed by atoms with Crippen LogP contribution in [0.2, 0.25) is 0 Å². The molecule has 0 bridgehead atoms. The molecule has 0 spiro atoms. The number of anilines is 1. The summed E-state index contributed by atoms with van der Waals surface area (Å²) in [5, 5.41) is 3.37. The highest BCUT2D eigenvalue weighted by atomic mass is 19.1. The Morgan fingerprint density at radius 1 is 1.00 bits per heavy atom. The lowest BCUT2D eigenvalue weighted by Gasteiger charge is -2.20. The van der Waals surface area contributed by atoms with Crippen LogP contribution in [0.3, 0.4) is 0 Å². The van der Waals surface area contributed by atoms with E-state index in [0.717, 1.165) is 23.2 Å². The zero-order valence-corrected chi connectivity index (χ0v) is 11.1. The monoisotopic (exact) mass is 261 g/mol. The van der Waals surface area contributed by atoms with Crippen molar-refractivity contribution in [2.45, 2.75) is 26.3 Å². The third kappa shape index (κ3) is 3.31. The Labute approximate surface area is 112 Å². The normalized spacial score (nSPS) is 12.2. The largest absolute Gasteiger partial charge is 0.378 e. The lowest BCUT2D eigenvalue weighted by atomic mass is 10.0. The average Bonchev–Trinajstić information content (AvgIpc) is 2.39. The minimum absolute atomic E-state index is 0.0877. The molecular weight excluding hydrogens is 244 g/mol. The van der Waals surface area contributed by atoms with Crippen LogP contribution in [-0.4, -0.2) is 0 Å². The van der Waals surface area contributed by atoms with Crippen LogP contribution in [0.1, 0.15) is 30.5 Å². The standard InChI is InChI=1S/C16H17F2N/c1-3-15(12-4-6-13(17)7-5-12)19-16-9-8-14(18)10-11(16)2/h4-10,15,19H,3H2,1-2H3. The molecular formula is C16H17F2N. The van der Waals surface area contributed by atoms with Gasteiger partial charge in [-0.15, -0.1) is 0 Å². The van der Waals surface area contributed by atoms with Crippen molar-refractivity contribution in [3.63, 3.8) is 0 Å². The Morgan fingerprint density at radius 2 is 1.63 bits per heavy atom. The molecule has 0 amide bonds. The number of halogens is 2. The van der Waals surface area contributed by atoms with Crippen molar-refractivity contribution in [3.8, 4) is 0 Å². The highest BCUT2D eigenvalue weighted by Gasteiger charge is 2.10. The number of hydrogen-bond acceptors (Lipinski definition) is 1. The highest BCUT2D eigenvalue weighted by molar-refractivity contribution is 5.52. The third-order valence-electron chi connectivity index (χ3n) is 3.20. The molecule has 19 heavy (non-hydrogen) atoms. The van der Waals surface area contributed by atoms with Crippen molar-refractivity contribution in [1.82, 2.24) is 0 Å². The molecule has 0 radical (unpaired) electrons. The summed E-state index contributed by atoms with van der Waals surface area (Å²) >= 11 is 0. The Balaban J connectivity index is 2.21. The van der Waals surface area contributed by atoms with Crippen molar-refractivity contribution in [2.75, 3.05) is 5.32 Å². The smallest absolute Gasteiger partial charge is 0.123 e. The van der Waals surface area contributed by atoms with Gasteiger partial charge < -0.3 is 5.32 Å². The Morgan fingerprint density at radius 3 is 2.21 bits per heavy atom. The van der Waals surface area contributed by atoms with E-state index in [4.69, 9.17) is 0 Å². The van der Waals surface area contributed by atoms with E-state index in [0.29, 0.717) is 0 Å². The molecule has 0 saturated heterocycles. The number of hydrogen-bond donors (Lipinski definition) is 1. The Hall–Kier alpha value is -1.90. The molecule has 0 aliphatic heterocycles. The summed E-state index contributed by atoms with van der Waals surface area (Å²) in [4.78, 5) is 0. The summed E-state index contributed by atoms with van der Waals surface area (Å²) in [6.45, 7) is 3.92. The summed E-state index contributed by atoms with van der Waals surface area (Å²) in [5.41, 5.74) is 2.78. The van der Waals surface area contributed by atoms with Crippen molar-refractivity contribution >= 4 is 5.69 Å². The summed E-state index contributed by atoms with van der Waals surface area (Å²) < 4.78 is 26.0. The summed E-state index contributed by atoms with van der Waals surface area (Å²) in [6.07, 6.45) is 0.864. The molecule has 0 aromatic heterocycles. The average molecular weight is 261 g/mol. The van der Waals surface area contributed by atoms with Gasteiger partial charge in [0.15, 0.2) is 0 Å². The lowest BCUT2D eigenvalue weighted by Crippen LogP contribution is -2.10. The lowest BCUT2D eigenvalue weighted by molar-refractivity contribution is 0.624. The first-order valence-corrected chi connectivity index (χ1v) is 6.38. The summed E-state index contributed by atoms with van der Waals surface area (Å²) in [5.74, 6) is -0.477. The number of benzene rings is 2. The topological polar surface area (TPSA) is 12.0 Å². The van der Waals surface area contributed by atoms with E-state index < -0.39 is 0 Å². The van der Waals surface area contributed by atoms with Gasteiger partial charge in [0.1, 0.15) is 11.6 Å². The van der Waals surface area contributed by atoms with E-state index in [1.54, 1.807) is 18.2 Å². The van der Waals surface area contributed by atoms with E-state index in [1.165, 1.54) is 24.3 Å². The molecule has 1 N–H and O–H groups in total. The van der Waals surface area contributed by atoms with Gasteiger partial charge in [0, 0.05) is 5.69 Å². The molecule has 1 unspecified atom stereocenters. The molecule has 0 aliphatic carbocycles. The van der Waals surface area contributed by atoms with Gasteiger partial charge in [0.2, 0.25) is 0 Å². The molecule has 3 heteroatoms. The molecule has 0 aliphatic rings. The van der Waals surface area contributed by atoms with Crippen molar-refractivity contribution in [3.05, 3.63) is 65.2 Å². The van der Waals surface area contributed by atoms with Crippen LogP contribution < -0.4 is 5.32 Å². The summed E-state index contributed by atoms with van der Waals surface area (Å²) in [7, 11) is 0. The predicted molar refractivity (Wildman–Crippen MR) is 74.2 cm³/mol. The molecule has 0 saturated carbocycles. The van der Waals surface area contributed by atoms with Gasteiger partial charge in [-0.1, -0.05) is 19.1 Å². The van der Waals surface area contributed by atoms with Crippen LogP contribution in [0, 0.1) is 18.6 Å². The van der Waals surface area contributed by atoms with Crippen LogP contribution in [0.5, 0.6) is 0 Å². The second-order valence-corrected chi connectivity index (χ2v) is 4.62. The van der Waals surface area contributed by atoms with E-state index >= 15 is 0 Å². The number of aryl methyl sites for hydroxylation is 1. The van der Waals surface area contributed by atoms with Gasteiger partial charge in [-0.25, -0.2) is 8.78 Å². The fourth-order valence-electron chi connectivity index (χ4n) is 2.09. The first-order chi connectivity index (χ1) is 9.10. The van der Waals surface area contributed by atoms with Crippen LogP contribution in [-0.2, 0) is 0 Å². The minimum Gasteiger partial charge on any atom is -0.378 e. The van der Waals surface area contributed by atoms with Gasteiger partial charge >= 0.3 is 0 Å². The second kappa shape index (κ2) is 5.83. The zero-order valence-electron chi connectivity index (χ0n) is 11.1. The first kappa shape index (κ1) is 13.5. The van der Waals surface area contributed by atoms with Crippen LogP contribution >= 0.6 is 0 Å². The molecule has 2 rings (SSSR count). The first-order valence-electron chi connectivity index (χ1n) is 6.38. The molecule has 2 aromatic rings. The maximum Gasteiger partial charge on any atom is 0.123 e. The van der Waals surface area contributed by atoms with E-state index in [1.807, 2.05) is 6.92 Å². The zero-order chi connectivity index (χ0) is 13.8. The van der Waals surface area contributed by atoms with Gasteiger partial charge in [-0.05, 0) is 54.8 Å².